The number of imidazole rings is 1. The predicted octanol–water partition coefficient (Wildman–Crippen LogP) is 4.23. The summed E-state index contributed by atoms with van der Waals surface area (Å²) in [6.45, 7) is 0. The van der Waals surface area contributed by atoms with Crippen LogP contribution in [0.4, 0.5) is 8.78 Å². The van der Waals surface area contributed by atoms with E-state index >= 15 is 0 Å². The number of fused-ring (bicyclic) bond motifs is 2. The first kappa shape index (κ1) is 11.9. The number of hydrogen-bond acceptors (Lipinski definition) is 2. The second-order valence-electron chi connectivity index (χ2n) is 4.82. The number of aromatic nitrogens is 2. The third-order valence-electron chi connectivity index (χ3n) is 3.49. The van der Waals surface area contributed by atoms with E-state index in [-0.39, 0.29) is 5.25 Å². The molecule has 20 heavy (non-hydrogen) atoms. The lowest BCUT2D eigenvalue weighted by atomic mass is 10.1. The van der Waals surface area contributed by atoms with Crippen molar-refractivity contribution in [1.82, 2.24) is 9.97 Å². The molecule has 2 nitrogen and oxygen atoms in total. The predicted molar refractivity (Wildman–Crippen MR) is 74.8 cm³/mol. The van der Waals surface area contributed by atoms with Gasteiger partial charge in [0.25, 0.3) is 0 Å². The molecule has 1 aliphatic rings. The van der Waals surface area contributed by atoms with Gasteiger partial charge in [0.15, 0.2) is 11.6 Å². The van der Waals surface area contributed by atoms with Crippen molar-refractivity contribution in [3.05, 3.63) is 59.4 Å². The minimum atomic E-state index is -0.863. The Kier molecular flexibility index (Phi) is 2.57. The molecule has 0 aliphatic carbocycles. The van der Waals surface area contributed by atoms with Gasteiger partial charge in [-0.1, -0.05) is 18.2 Å². The molecular formula is C15H10F2N2S. The highest BCUT2D eigenvalue weighted by atomic mass is 32.2. The van der Waals surface area contributed by atoms with Crippen molar-refractivity contribution in [2.75, 3.05) is 0 Å². The Morgan fingerprint density at radius 1 is 1.15 bits per heavy atom. The maximum absolute atomic E-state index is 13.2. The summed E-state index contributed by atoms with van der Waals surface area (Å²) >= 11 is 1.73. The average Bonchev–Trinajstić information content (AvgIpc) is 3.02. The molecule has 1 unspecified atom stereocenters. The Morgan fingerprint density at radius 3 is 2.80 bits per heavy atom. The van der Waals surface area contributed by atoms with Gasteiger partial charge < -0.3 is 4.98 Å². The number of thioether (sulfide) groups is 1. The van der Waals surface area contributed by atoms with Gasteiger partial charge in [-0.3, -0.25) is 0 Å². The SMILES string of the molecule is Fc1cc2nc(C3Cc4ccccc4S3)[nH]c2cc1F. The van der Waals surface area contributed by atoms with Gasteiger partial charge in [0.2, 0.25) is 0 Å². The molecule has 1 N–H and O–H groups in total. The van der Waals surface area contributed by atoms with Crippen LogP contribution >= 0.6 is 11.8 Å². The van der Waals surface area contributed by atoms with Crippen LogP contribution in [0.3, 0.4) is 0 Å². The molecule has 100 valence electrons. The fraction of sp³-hybridized carbons (Fsp3) is 0.133. The van der Waals surface area contributed by atoms with Crippen molar-refractivity contribution in [3.63, 3.8) is 0 Å². The molecule has 4 rings (SSSR count). The Labute approximate surface area is 118 Å². The lowest BCUT2D eigenvalue weighted by molar-refractivity contribution is 0.510. The first-order valence-corrected chi connectivity index (χ1v) is 7.18. The van der Waals surface area contributed by atoms with Gasteiger partial charge >= 0.3 is 0 Å². The van der Waals surface area contributed by atoms with E-state index in [9.17, 15) is 8.78 Å². The quantitative estimate of drug-likeness (QED) is 0.726. The van der Waals surface area contributed by atoms with E-state index in [1.54, 1.807) is 11.8 Å². The molecule has 0 saturated heterocycles. The van der Waals surface area contributed by atoms with Crippen LogP contribution in [0, 0.1) is 11.6 Å². The summed E-state index contributed by atoms with van der Waals surface area (Å²) < 4.78 is 26.4. The molecule has 0 fully saturated rings. The molecule has 3 aromatic rings. The topological polar surface area (TPSA) is 28.7 Å². The van der Waals surface area contributed by atoms with E-state index in [1.165, 1.54) is 10.5 Å². The monoisotopic (exact) mass is 288 g/mol. The molecule has 0 saturated carbocycles. The molecule has 1 aromatic heterocycles. The van der Waals surface area contributed by atoms with E-state index in [2.05, 4.69) is 22.1 Å². The number of rotatable bonds is 1. The third-order valence-corrected chi connectivity index (χ3v) is 4.82. The summed E-state index contributed by atoms with van der Waals surface area (Å²) in [4.78, 5) is 8.74. The minimum Gasteiger partial charge on any atom is -0.341 e. The Morgan fingerprint density at radius 2 is 1.95 bits per heavy atom. The van der Waals surface area contributed by atoms with Gasteiger partial charge in [-0.05, 0) is 18.1 Å². The van der Waals surface area contributed by atoms with Crippen molar-refractivity contribution in [2.45, 2.75) is 16.6 Å². The maximum atomic E-state index is 13.2. The number of H-pyrrole nitrogens is 1. The van der Waals surface area contributed by atoms with E-state index in [0.717, 1.165) is 24.4 Å². The van der Waals surface area contributed by atoms with Crippen LogP contribution in [-0.4, -0.2) is 9.97 Å². The summed E-state index contributed by atoms with van der Waals surface area (Å²) in [5.41, 5.74) is 2.30. The second kappa shape index (κ2) is 4.31. The Bertz CT molecular complexity index is 749. The Balaban J connectivity index is 1.74. The first-order chi connectivity index (χ1) is 9.70. The van der Waals surface area contributed by atoms with Crippen molar-refractivity contribution in [1.29, 1.82) is 0 Å². The van der Waals surface area contributed by atoms with Crippen LogP contribution in [0.2, 0.25) is 0 Å². The molecule has 0 spiro atoms. The smallest absolute Gasteiger partial charge is 0.161 e. The fourth-order valence-corrected chi connectivity index (χ4v) is 3.76. The molecule has 1 atom stereocenters. The number of hydrogen-bond donors (Lipinski definition) is 1. The zero-order chi connectivity index (χ0) is 13.7. The molecule has 2 aromatic carbocycles. The number of benzene rings is 2. The number of halogens is 2. The van der Waals surface area contributed by atoms with Gasteiger partial charge in [0, 0.05) is 17.0 Å². The minimum absolute atomic E-state index is 0.172. The molecule has 2 heterocycles. The van der Waals surface area contributed by atoms with Crippen LogP contribution in [0.5, 0.6) is 0 Å². The van der Waals surface area contributed by atoms with Crippen LogP contribution < -0.4 is 0 Å². The zero-order valence-electron chi connectivity index (χ0n) is 10.4. The van der Waals surface area contributed by atoms with Gasteiger partial charge in [-0.2, -0.15) is 0 Å². The van der Waals surface area contributed by atoms with Crippen molar-refractivity contribution in [2.24, 2.45) is 0 Å². The highest BCUT2D eigenvalue weighted by Crippen LogP contribution is 2.45. The highest BCUT2D eigenvalue weighted by molar-refractivity contribution is 7.99. The molecule has 0 radical (unpaired) electrons. The molecule has 5 heteroatoms. The van der Waals surface area contributed by atoms with Crippen molar-refractivity contribution < 1.29 is 8.78 Å². The van der Waals surface area contributed by atoms with Crippen LogP contribution in [0.25, 0.3) is 11.0 Å². The van der Waals surface area contributed by atoms with Gasteiger partial charge in [-0.15, -0.1) is 11.8 Å². The second-order valence-corrected chi connectivity index (χ2v) is 6.07. The lowest BCUT2D eigenvalue weighted by Gasteiger charge is -2.02. The fourth-order valence-electron chi connectivity index (χ4n) is 2.51. The van der Waals surface area contributed by atoms with Gasteiger partial charge in [0.1, 0.15) is 5.82 Å². The summed E-state index contributed by atoms with van der Waals surface area (Å²) in [5, 5.41) is 0.172. The average molecular weight is 288 g/mol. The van der Waals surface area contributed by atoms with E-state index in [1.807, 2.05) is 12.1 Å². The van der Waals surface area contributed by atoms with E-state index in [0.29, 0.717) is 11.0 Å². The van der Waals surface area contributed by atoms with Crippen molar-refractivity contribution in [3.8, 4) is 0 Å². The van der Waals surface area contributed by atoms with Crippen molar-refractivity contribution >= 4 is 22.8 Å². The van der Waals surface area contributed by atoms with Crippen LogP contribution in [-0.2, 0) is 6.42 Å². The third kappa shape index (κ3) is 1.81. The van der Waals surface area contributed by atoms with Crippen LogP contribution in [0.15, 0.2) is 41.3 Å². The largest absolute Gasteiger partial charge is 0.341 e. The molecule has 1 aliphatic heterocycles. The summed E-state index contributed by atoms with van der Waals surface area (Å²) in [6, 6.07) is 10.5. The van der Waals surface area contributed by atoms with E-state index < -0.39 is 11.6 Å². The number of nitrogens with one attached hydrogen (secondary N) is 1. The first-order valence-electron chi connectivity index (χ1n) is 6.30. The van der Waals surface area contributed by atoms with Gasteiger partial charge in [0.05, 0.1) is 16.3 Å². The summed E-state index contributed by atoms with van der Waals surface area (Å²) in [5.74, 6) is -0.945. The van der Waals surface area contributed by atoms with Crippen LogP contribution in [0.1, 0.15) is 16.6 Å². The van der Waals surface area contributed by atoms with E-state index in [4.69, 9.17) is 0 Å². The lowest BCUT2D eigenvalue weighted by Crippen LogP contribution is -1.94. The summed E-state index contributed by atoms with van der Waals surface area (Å²) in [6.07, 6.45) is 0.881. The molecule has 0 bridgehead atoms. The van der Waals surface area contributed by atoms with Gasteiger partial charge in [-0.25, -0.2) is 13.8 Å². The number of nitrogens with zero attached hydrogens (tertiary/aromatic N) is 1. The molecule has 0 amide bonds. The molecular weight excluding hydrogens is 278 g/mol. The number of aromatic amines is 1. The Hall–Kier alpha value is -1.88. The highest BCUT2D eigenvalue weighted by Gasteiger charge is 2.26. The zero-order valence-corrected chi connectivity index (χ0v) is 11.2. The summed E-state index contributed by atoms with van der Waals surface area (Å²) in [7, 11) is 0. The maximum Gasteiger partial charge on any atom is 0.161 e. The standard InChI is InChI=1S/C15H10F2N2S/c16-9-6-11-12(7-10(9)17)19-15(18-11)14-5-8-3-1-2-4-13(8)20-14/h1-4,6-7,14H,5H2,(H,18,19). The normalized spacial score (nSPS) is 17.6.